The third-order valence-corrected chi connectivity index (χ3v) is 5.35. The number of hydrogen-bond donors (Lipinski definition) is 0. The average molecular weight is 431 g/mol. The van der Waals surface area contributed by atoms with Crippen LogP contribution in [-0.4, -0.2) is 28.4 Å². The van der Waals surface area contributed by atoms with Gasteiger partial charge in [-0.2, -0.15) is 0 Å². The van der Waals surface area contributed by atoms with Gasteiger partial charge in [-0.05, 0) is 41.0 Å². The normalized spacial score (nSPS) is 14.9. The highest BCUT2D eigenvalue weighted by molar-refractivity contribution is 5.72. The molecule has 1 aliphatic rings. The Labute approximate surface area is 188 Å². The molecule has 0 aromatic heterocycles. The summed E-state index contributed by atoms with van der Waals surface area (Å²) in [4.78, 5) is 0. The van der Waals surface area contributed by atoms with Gasteiger partial charge in [-0.1, -0.05) is 54.6 Å². The molecule has 0 saturated heterocycles. The fourth-order valence-electron chi connectivity index (χ4n) is 3.79. The Hall–Kier alpha value is -3.86. The second kappa shape index (κ2) is 9.52. The molecule has 3 aromatic rings. The van der Waals surface area contributed by atoms with Crippen LogP contribution in [0.25, 0.3) is 12.2 Å². The zero-order valence-corrected chi connectivity index (χ0v) is 18.6. The van der Waals surface area contributed by atoms with Gasteiger partial charge in [0.15, 0.2) is 23.0 Å². The van der Waals surface area contributed by atoms with Crippen LogP contribution in [-0.2, 0) is 0 Å². The Morgan fingerprint density at radius 3 is 2.03 bits per heavy atom. The molecule has 3 aromatic carbocycles. The van der Waals surface area contributed by atoms with E-state index in [0.717, 1.165) is 28.0 Å². The Bertz CT molecular complexity index is 1120. The number of para-hydroxylation sites is 1. The van der Waals surface area contributed by atoms with Gasteiger partial charge in [0, 0.05) is 5.56 Å². The number of hydrogen-bond acceptors (Lipinski definition) is 5. The summed E-state index contributed by atoms with van der Waals surface area (Å²) in [5.74, 6) is 3.24. The number of ether oxygens (including phenoxy) is 5. The van der Waals surface area contributed by atoms with Crippen molar-refractivity contribution in [1.29, 1.82) is 0 Å². The zero-order valence-electron chi connectivity index (χ0n) is 18.6. The topological polar surface area (TPSA) is 46.2 Å². The summed E-state index contributed by atoms with van der Waals surface area (Å²) in [6.45, 7) is 0. The smallest absolute Gasteiger partial charge is 0.203 e. The average Bonchev–Trinajstić information content (AvgIpc) is 2.86. The van der Waals surface area contributed by atoms with E-state index in [1.165, 1.54) is 0 Å². The third kappa shape index (κ3) is 4.14. The highest BCUT2D eigenvalue weighted by Crippen LogP contribution is 2.43. The first-order chi connectivity index (χ1) is 15.7. The molecular weight excluding hydrogens is 404 g/mol. The van der Waals surface area contributed by atoms with Gasteiger partial charge in [0.05, 0.1) is 28.4 Å². The maximum absolute atomic E-state index is 6.45. The SMILES string of the molecule is COc1cccc2c1OC(c1ccccc1)C(/C=C\c1cc(OC)c(OC)c(OC)c1)=C2. The van der Waals surface area contributed by atoms with E-state index in [4.69, 9.17) is 23.7 Å². The number of benzene rings is 3. The van der Waals surface area contributed by atoms with Crippen LogP contribution in [0, 0.1) is 0 Å². The summed E-state index contributed by atoms with van der Waals surface area (Å²) in [5.41, 5.74) is 3.97. The van der Waals surface area contributed by atoms with Crippen LogP contribution in [0.5, 0.6) is 28.7 Å². The summed E-state index contributed by atoms with van der Waals surface area (Å²) in [5, 5.41) is 0. The summed E-state index contributed by atoms with van der Waals surface area (Å²) in [6, 6.07) is 19.9. The van der Waals surface area contributed by atoms with Gasteiger partial charge >= 0.3 is 0 Å². The molecule has 4 rings (SSSR count). The van der Waals surface area contributed by atoms with E-state index in [2.05, 4.69) is 24.3 Å². The monoisotopic (exact) mass is 430 g/mol. The third-order valence-electron chi connectivity index (χ3n) is 5.35. The first-order valence-corrected chi connectivity index (χ1v) is 10.3. The van der Waals surface area contributed by atoms with Crippen LogP contribution >= 0.6 is 0 Å². The Kier molecular flexibility index (Phi) is 6.36. The highest BCUT2D eigenvalue weighted by Gasteiger charge is 2.25. The van der Waals surface area contributed by atoms with Crippen molar-refractivity contribution in [3.05, 3.63) is 89.0 Å². The molecule has 1 unspecified atom stereocenters. The standard InChI is InChI=1S/C27H26O5/c1-28-22-12-8-11-20-17-21(25(32-26(20)22)19-9-6-5-7-10-19)14-13-18-15-23(29-2)27(31-4)24(16-18)30-3/h5-17,25H,1-4H3/b14-13-. The van der Waals surface area contributed by atoms with Gasteiger partial charge in [0.2, 0.25) is 5.75 Å². The second-order valence-electron chi connectivity index (χ2n) is 7.22. The van der Waals surface area contributed by atoms with E-state index in [-0.39, 0.29) is 6.10 Å². The molecule has 0 spiro atoms. The van der Waals surface area contributed by atoms with E-state index in [1.807, 2.05) is 54.6 Å². The van der Waals surface area contributed by atoms with Crippen LogP contribution < -0.4 is 23.7 Å². The lowest BCUT2D eigenvalue weighted by Gasteiger charge is -2.27. The van der Waals surface area contributed by atoms with Crippen molar-refractivity contribution in [3.8, 4) is 28.7 Å². The van der Waals surface area contributed by atoms with Crippen molar-refractivity contribution >= 4 is 12.2 Å². The predicted octanol–water partition coefficient (Wildman–Crippen LogP) is 5.95. The Morgan fingerprint density at radius 1 is 0.719 bits per heavy atom. The molecule has 0 saturated carbocycles. The largest absolute Gasteiger partial charge is 0.493 e. The highest BCUT2D eigenvalue weighted by atomic mass is 16.5. The van der Waals surface area contributed by atoms with Crippen LogP contribution in [0.4, 0.5) is 0 Å². The molecule has 0 amide bonds. The lowest BCUT2D eigenvalue weighted by atomic mass is 9.95. The molecule has 5 heteroatoms. The fourth-order valence-corrected chi connectivity index (χ4v) is 3.79. The van der Waals surface area contributed by atoms with Gasteiger partial charge in [-0.3, -0.25) is 0 Å². The van der Waals surface area contributed by atoms with Crippen molar-refractivity contribution < 1.29 is 23.7 Å². The Morgan fingerprint density at radius 2 is 1.41 bits per heavy atom. The second-order valence-corrected chi connectivity index (χ2v) is 7.22. The molecular formula is C27H26O5. The summed E-state index contributed by atoms with van der Waals surface area (Å²) >= 11 is 0. The molecule has 0 bridgehead atoms. The summed E-state index contributed by atoms with van der Waals surface area (Å²) < 4.78 is 28.4. The van der Waals surface area contributed by atoms with Crippen LogP contribution in [0.1, 0.15) is 22.8 Å². The number of fused-ring (bicyclic) bond motifs is 1. The predicted molar refractivity (Wildman–Crippen MR) is 126 cm³/mol. The lowest BCUT2D eigenvalue weighted by molar-refractivity contribution is 0.230. The molecule has 0 fully saturated rings. The number of rotatable bonds is 7. The molecule has 0 radical (unpaired) electrons. The van der Waals surface area contributed by atoms with Gasteiger partial charge in [-0.15, -0.1) is 0 Å². The molecule has 5 nitrogen and oxygen atoms in total. The fraction of sp³-hybridized carbons (Fsp3) is 0.185. The van der Waals surface area contributed by atoms with E-state index in [9.17, 15) is 0 Å². The summed E-state index contributed by atoms with van der Waals surface area (Å²) in [7, 11) is 6.46. The maximum Gasteiger partial charge on any atom is 0.203 e. The molecule has 1 aliphatic heterocycles. The maximum atomic E-state index is 6.45. The van der Waals surface area contributed by atoms with Crippen molar-refractivity contribution in [3.63, 3.8) is 0 Å². The van der Waals surface area contributed by atoms with E-state index < -0.39 is 0 Å². The van der Waals surface area contributed by atoms with Gasteiger partial charge in [0.25, 0.3) is 0 Å². The van der Waals surface area contributed by atoms with Gasteiger partial charge in [0.1, 0.15) is 6.10 Å². The van der Waals surface area contributed by atoms with Crippen LogP contribution in [0.2, 0.25) is 0 Å². The molecule has 0 aliphatic carbocycles. The van der Waals surface area contributed by atoms with E-state index in [1.54, 1.807) is 28.4 Å². The lowest BCUT2D eigenvalue weighted by Crippen LogP contribution is -2.14. The molecule has 32 heavy (non-hydrogen) atoms. The van der Waals surface area contributed by atoms with E-state index in [0.29, 0.717) is 23.0 Å². The van der Waals surface area contributed by atoms with Crippen molar-refractivity contribution in [2.75, 3.05) is 28.4 Å². The minimum Gasteiger partial charge on any atom is -0.493 e. The molecule has 1 heterocycles. The van der Waals surface area contributed by atoms with Crippen molar-refractivity contribution in [1.82, 2.24) is 0 Å². The molecule has 0 N–H and O–H groups in total. The quantitative estimate of drug-likeness (QED) is 0.463. The Balaban J connectivity index is 1.77. The van der Waals surface area contributed by atoms with Gasteiger partial charge in [-0.25, -0.2) is 0 Å². The minimum atomic E-state index is -0.265. The van der Waals surface area contributed by atoms with Gasteiger partial charge < -0.3 is 23.7 Å². The molecule has 164 valence electrons. The van der Waals surface area contributed by atoms with E-state index >= 15 is 0 Å². The molecule has 1 atom stereocenters. The minimum absolute atomic E-state index is 0.265. The zero-order chi connectivity index (χ0) is 22.5. The number of methoxy groups -OCH3 is 4. The summed E-state index contributed by atoms with van der Waals surface area (Å²) in [6.07, 6.45) is 5.94. The first-order valence-electron chi connectivity index (χ1n) is 10.3. The van der Waals surface area contributed by atoms with Crippen molar-refractivity contribution in [2.45, 2.75) is 6.10 Å². The van der Waals surface area contributed by atoms with Crippen molar-refractivity contribution in [2.24, 2.45) is 0 Å². The van der Waals surface area contributed by atoms with Crippen LogP contribution in [0.15, 0.2) is 72.3 Å². The van der Waals surface area contributed by atoms with Crippen LogP contribution in [0.3, 0.4) is 0 Å². The first kappa shape index (κ1) is 21.4.